The van der Waals surface area contributed by atoms with Crippen molar-refractivity contribution < 1.29 is 4.79 Å². The molecular weight excluding hydrogens is 140 g/mol. The third kappa shape index (κ3) is 2.89. The van der Waals surface area contributed by atoms with Crippen molar-refractivity contribution >= 4 is 5.91 Å². The summed E-state index contributed by atoms with van der Waals surface area (Å²) in [7, 11) is 0. The molecule has 0 atom stereocenters. The van der Waals surface area contributed by atoms with Crippen molar-refractivity contribution in [3.05, 3.63) is 0 Å². The van der Waals surface area contributed by atoms with Gasteiger partial charge in [-0.15, -0.1) is 0 Å². The second kappa shape index (κ2) is 3.72. The summed E-state index contributed by atoms with van der Waals surface area (Å²) in [6.07, 6.45) is 1.97. The van der Waals surface area contributed by atoms with Gasteiger partial charge in [0.2, 0.25) is 5.91 Å². The van der Waals surface area contributed by atoms with E-state index in [4.69, 9.17) is 5.84 Å². The molecule has 0 aromatic heterocycles. The average molecular weight is 158 g/mol. The van der Waals surface area contributed by atoms with Gasteiger partial charge >= 0.3 is 0 Å². The van der Waals surface area contributed by atoms with Crippen LogP contribution in [0.15, 0.2) is 0 Å². The topological polar surface area (TPSA) is 46.3 Å². The van der Waals surface area contributed by atoms with Gasteiger partial charge in [0.1, 0.15) is 0 Å². The van der Waals surface area contributed by atoms with E-state index in [2.05, 4.69) is 6.92 Å². The SMILES string of the molecule is CCCC(C)(C)N(N)C(C)=O. The van der Waals surface area contributed by atoms with E-state index >= 15 is 0 Å². The Bertz CT molecular complexity index is 143. The third-order valence-corrected chi connectivity index (χ3v) is 1.85. The van der Waals surface area contributed by atoms with Crippen molar-refractivity contribution in [3.63, 3.8) is 0 Å². The molecule has 0 aliphatic rings. The molecule has 0 heterocycles. The zero-order valence-corrected chi connectivity index (χ0v) is 7.85. The van der Waals surface area contributed by atoms with Gasteiger partial charge in [0.15, 0.2) is 0 Å². The van der Waals surface area contributed by atoms with Gasteiger partial charge in [0, 0.05) is 6.92 Å². The molecule has 0 aromatic rings. The molecule has 3 nitrogen and oxygen atoms in total. The molecule has 0 aromatic carbocycles. The smallest absolute Gasteiger partial charge is 0.233 e. The van der Waals surface area contributed by atoms with E-state index < -0.39 is 0 Å². The van der Waals surface area contributed by atoms with E-state index in [0.717, 1.165) is 12.8 Å². The Kier molecular flexibility index (Phi) is 3.52. The van der Waals surface area contributed by atoms with Gasteiger partial charge in [-0.3, -0.25) is 9.80 Å². The minimum Gasteiger partial charge on any atom is -0.275 e. The highest BCUT2D eigenvalue weighted by Gasteiger charge is 2.24. The Morgan fingerprint density at radius 3 is 2.27 bits per heavy atom. The molecule has 0 saturated heterocycles. The van der Waals surface area contributed by atoms with Gasteiger partial charge in [0.25, 0.3) is 0 Å². The number of rotatable bonds is 3. The molecule has 0 radical (unpaired) electrons. The van der Waals surface area contributed by atoms with Crippen LogP contribution in [0.2, 0.25) is 0 Å². The van der Waals surface area contributed by atoms with Gasteiger partial charge in [-0.25, -0.2) is 5.84 Å². The zero-order chi connectivity index (χ0) is 9.07. The number of amides is 1. The minimum absolute atomic E-state index is 0.0801. The molecule has 2 N–H and O–H groups in total. The van der Waals surface area contributed by atoms with Crippen LogP contribution in [0.1, 0.15) is 40.5 Å². The van der Waals surface area contributed by atoms with Crippen LogP contribution < -0.4 is 5.84 Å². The van der Waals surface area contributed by atoms with Crippen LogP contribution >= 0.6 is 0 Å². The van der Waals surface area contributed by atoms with Crippen LogP contribution in [-0.2, 0) is 4.79 Å². The van der Waals surface area contributed by atoms with Gasteiger partial charge in [-0.2, -0.15) is 0 Å². The molecule has 0 fully saturated rings. The van der Waals surface area contributed by atoms with Crippen LogP contribution in [0.3, 0.4) is 0 Å². The summed E-state index contributed by atoms with van der Waals surface area (Å²) in [5, 5.41) is 1.30. The van der Waals surface area contributed by atoms with Crippen LogP contribution in [-0.4, -0.2) is 16.5 Å². The summed E-state index contributed by atoms with van der Waals surface area (Å²) in [6.45, 7) is 7.50. The summed E-state index contributed by atoms with van der Waals surface area (Å²) >= 11 is 0. The summed E-state index contributed by atoms with van der Waals surface area (Å²) < 4.78 is 0. The zero-order valence-electron chi connectivity index (χ0n) is 7.85. The molecule has 0 saturated carbocycles. The Hall–Kier alpha value is -0.570. The van der Waals surface area contributed by atoms with Crippen molar-refractivity contribution in [1.82, 2.24) is 5.01 Å². The van der Waals surface area contributed by atoms with Gasteiger partial charge in [-0.1, -0.05) is 13.3 Å². The fourth-order valence-corrected chi connectivity index (χ4v) is 1.16. The fraction of sp³-hybridized carbons (Fsp3) is 0.875. The van der Waals surface area contributed by atoms with Crippen molar-refractivity contribution in [1.29, 1.82) is 0 Å². The predicted molar refractivity (Wildman–Crippen MR) is 45.7 cm³/mol. The number of hydrogen-bond acceptors (Lipinski definition) is 2. The molecule has 1 amide bonds. The summed E-state index contributed by atoms with van der Waals surface area (Å²) in [6, 6.07) is 0. The van der Waals surface area contributed by atoms with E-state index in [1.54, 1.807) is 0 Å². The van der Waals surface area contributed by atoms with E-state index in [1.807, 2.05) is 13.8 Å². The molecule has 66 valence electrons. The fourth-order valence-electron chi connectivity index (χ4n) is 1.16. The Morgan fingerprint density at radius 2 is 2.00 bits per heavy atom. The quantitative estimate of drug-likeness (QED) is 0.382. The molecule has 11 heavy (non-hydrogen) atoms. The van der Waals surface area contributed by atoms with Gasteiger partial charge in [0.05, 0.1) is 5.54 Å². The first-order chi connectivity index (χ1) is 4.91. The maximum absolute atomic E-state index is 10.9. The maximum Gasteiger partial charge on any atom is 0.233 e. The van der Waals surface area contributed by atoms with E-state index in [-0.39, 0.29) is 11.4 Å². The lowest BCUT2D eigenvalue weighted by Crippen LogP contribution is -2.51. The first-order valence-electron chi connectivity index (χ1n) is 3.97. The highest BCUT2D eigenvalue weighted by Crippen LogP contribution is 2.16. The summed E-state index contributed by atoms with van der Waals surface area (Å²) in [4.78, 5) is 10.9. The summed E-state index contributed by atoms with van der Waals surface area (Å²) in [5.41, 5.74) is -0.208. The summed E-state index contributed by atoms with van der Waals surface area (Å²) in [5.74, 6) is 5.48. The number of hydrogen-bond donors (Lipinski definition) is 1. The monoisotopic (exact) mass is 158 g/mol. The number of carbonyl (C=O) groups excluding carboxylic acids is 1. The number of carbonyl (C=O) groups is 1. The molecule has 0 aliphatic heterocycles. The van der Waals surface area contributed by atoms with E-state index in [0.29, 0.717) is 0 Å². The molecule has 0 bridgehead atoms. The molecule has 0 aliphatic carbocycles. The standard InChI is InChI=1S/C8H18N2O/c1-5-6-8(3,4)10(9)7(2)11/h5-6,9H2,1-4H3. The molecule has 3 heteroatoms. The van der Waals surface area contributed by atoms with E-state index in [1.165, 1.54) is 11.9 Å². The first-order valence-corrected chi connectivity index (χ1v) is 3.97. The Labute approximate surface area is 68.5 Å². The molecule has 0 unspecified atom stereocenters. The average Bonchev–Trinajstić information content (AvgIpc) is 1.86. The maximum atomic E-state index is 10.9. The largest absolute Gasteiger partial charge is 0.275 e. The van der Waals surface area contributed by atoms with Crippen LogP contribution in [0.4, 0.5) is 0 Å². The lowest BCUT2D eigenvalue weighted by atomic mass is 9.98. The molecular formula is C8H18N2O. The predicted octanol–water partition coefficient (Wildman–Crippen LogP) is 1.29. The van der Waals surface area contributed by atoms with Crippen LogP contribution in [0.25, 0.3) is 0 Å². The number of hydrazine groups is 1. The van der Waals surface area contributed by atoms with Crippen LogP contribution in [0.5, 0.6) is 0 Å². The lowest BCUT2D eigenvalue weighted by molar-refractivity contribution is -0.134. The molecule has 0 rings (SSSR count). The second-order valence-corrected chi connectivity index (χ2v) is 3.45. The highest BCUT2D eigenvalue weighted by atomic mass is 16.2. The lowest BCUT2D eigenvalue weighted by Gasteiger charge is -2.33. The van der Waals surface area contributed by atoms with E-state index in [9.17, 15) is 4.79 Å². The normalized spacial score (nSPS) is 11.4. The van der Waals surface area contributed by atoms with Gasteiger partial charge < -0.3 is 0 Å². The second-order valence-electron chi connectivity index (χ2n) is 3.45. The van der Waals surface area contributed by atoms with Crippen LogP contribution in [0, 0.1) is 0 Å². The Balaban J connectivity index is 4.16. The third-order valence-electron chi connectivity index (χ3n) is 1.85. The minimum atomic E-state index is -0.208. The van der Waals surface area contributed by atoms with Crippen molar-refractivity contribution in [3.8, 4) is 0 Å². The molecule has 0 spiro atoms. The van der Waals surface area contributed by atoms with Crippen molar-refractivity contribution in [2.75, 3.05) is 0 Å². The number of nitrogens with two attached hydrogens (primary N) is 1. The van der Waals surface area contributed by atoms with Crippen molar-refractivity contribution in [2.45, 2.75) is 46.1 Å². The van der Waals surface area contributed by atoms with Crippen molar-refractivity contribution in [2.24, 2.45) is 5.84 Å². The highest BCUT2D eigenvalue weighted by molar-refractivity contribution is 5.73. The first kappa shape index (κ1) is 10.4. The number of nitrogens with zero attached hydrogens (tertiary/aromatic N) is 1. The van der Waals surface area contributed by atoms with Gasteiger partial charge in [-0.05, 0) is 20.3 Å². The Morgan fingerprint density at radius 1 is 1.55 bits per heavy atom.